The van der Waals surface area contributed by atoms with Gasteiger partial charge in [-0.1, -0.05) is 12.1 Å². The molecule has 0 aliphatic rings. The highest BCUT2D eigenvalue weighted by Crippen LogP contribution is 2.25. The van der Waals surface area contributed by atoms with Crippen molar-refractivity contribution in [3.8, 4) is 11.5 Å². The van der Waals surface area contributed by atoms with Gasteiger partial charge in [0, 0.05) is 5.69 Å². The van der Waals surface area contributed by atoms with Crippen molar-refractivity contribution >= 4 is 11.7 Å². The van der Waals surface area contributed by atoms with Crippen molar-refractivity contribution < 1.29 is 14.6 Å². The number of nitrogen functional groups attached to an aromatic ring is 1. The van der Waals surface area contributed by atoms with Gasteiger partial charge in [-0.05, 0) is 36.4 Å². The maximum absolute atomic E-state index is 11.0. The maximum atomic E-state index is 11.0. The summed E-state index contributed by atoms with van der Waals surface area (Å²) in [6, 6.07) is 13.2. The van der Waals surface area contributed by atoms with E-state index >= 15 is 0 Å². The maximum Gasteiger partial charge on any atom is 0.339 e. The third kappa shape index (κ3) is 2.55. The van der Waals surface area contributed by atoms with E-state index in [0.29, 0.717) is 17.2 Å². The smallest absolute Gasteiger partial charge is 0.339 e. The second kappa shape index (κ2) is 4.57. The fraction of sp³-hybridized carbons (Fsp3) is 0. The van der Waals surface area contributed by atoms with Crippen LogP contribution in [0.2, 0.25) is 0 Å². The first-order chi connectivity index (χ1) is 8.16. The Kier molecular flexibility index (Phi) is 2.96. The zero-order chi connectivity index (χ0) is 12.3. The molecule has 0 fully saturated rings. The summed E-state index contributed by atoms with van der Waals surface area (Å²) < 4.78 is 5.49. The Labute approximate surface area is 98.3 Å². The van der Waals surface area contributed by atoms with Crippen LogP contribution in [0.25, 0.3) is 0 Å². The normalized spacial score (nSPS) is 9.88. The lowest BCUT2D eigenvalue weighted by Gasteiger charge is -2.08. The topological polar surface area (TPSA) is 72.5 Å². The van der Waals surface area contributed by atoms with Crippen LogP contribution in [-0.4, -0.2) is 11.1 Å². The standard InChI is InChI=1S/C13H11NO3/c14-9-5-7-10(8-6-9)17-12-4-2-1-3-11(12)13(15)16/h1-8H,14H2,(H,15,16). The number of nitrogens with two attached hydrogens (primary N) is 1. The van der Waals surface area contributed by atoms with Gasteiger partial charge in [-0.2, -0.15) is 0 Å². The molecule has 0 spiro atoms. The summed E-state index contributed by atoms with van der Waals surface area (Å²) in [5, 5.41) is 8.99. The molecule has 4 heteroatoms. The van der Waals surface area contributed by atoms with E-state index < -0.39 is 5.97 Å². The van der Waals surface area contributed by atoms with Crippen molar-refractivity contribution in [3.05, 3.63) is 54.1 Å². The number of ether oxygens (including phenoxy) is 1. The van der Waals surface area contributed by atoms with Crippen molar-refractivity contribution in [2.45, 2.75) is 0 Å². The highest BCUT2D eigenvalue weighted by atomic mass is 16.5. The molecule has 0 atom stereocenters. The number of hydrogen-bond acceptors (Lipinski definition) is 3. The third-order valence-corrected chi connectivity index (χ3v) is 2.23. The fourth-order valence-corrected chi connectivity index (χ4v) is 1.40. The molecule has 0 heterocycles. The Hall–Kier alpha value is -2.49. The SMILES string of the molecule is Nc1ccc(Oc2ccccc2C(=O)O)cc1. The van der Waals surface area contributed by atoms with Gasteiger partial charge in [0.15, 0.2) is 0 Å². The summed E-state index contributed by atoms with van der Waals surface area (Å²) in [4.78, 5) is 11.0. The number of anilines is 1. The Morgan fingerprint density at radius 1 is 1.06 bits per heavy atom. The van der Waals surface area contributed by atoms with E-state index in [0.717, 1.165) is 0 Å². The molecular formula is C13H11NO3. The van der Waals surface area contributed by atoms with E-state index in [2.05, 4.69) is 0 Å². The van der Waals surface area contributed by atoms with E-state index in [-0.39, 0.29) is 5.56 Å². The highest BCUT2D eigenvalue weighted by Gasteiger charge is 2.10. The molecule has 2 aromatic carbocycles. The van der Waals surface area contributed by atoms with Gasteiger partial charge in [0.25, 0.3) is 0 Å². The molecule has 17 heavy (non-hydrogen) atoms. The summed E-state index contributed by atoms with van der Waals surface area (Å²) in [5.74, 6) is -0.159. The van der Waals surface area contributed by atoms with E-state index in [9.17, 15) is 4.79 Å². The van der Waals surface area contributed by atoms with Crippen LogP contribution in [0.15, 0.2) is 48.5 Å². The van der Waals surface area contributed by atoms with Gasteiger partial charge in [0.2, 0.25) is 0 Å². The molecule has 0 aliphatic heterocycles. The van der Waals surface area contributed by atoms with Gasteiger partial charge >= 0.3 is 5.97 Å². The number of para-hydroxylation sites is 1. The van der Waals surface area contributed by atoms with Crippen molar-refractivity contribution in [2.75, 3.05) is 5.73 Å². The quantitative estimate of drug-likeness (QED) is 0.794. The van der Waals surface area contributed by atoms with E-state index in [1.807, 2.05) is 0 Å². The molecule has 86 valence electrons. The van der Waals surface area contributed by atoms with Gasteiger partial charge in [0.1, 0.15) is 17.1 Å². The molecule has 0 amide bonds. The molecule has 3 N–H and O–H groups in total. The molecule has 0 aliphatic carbocycles. The number of carboxylic acids is 1. The van der Waals surface area contributed by atoms with Crippen LogP contribution in [0.5, 0.6) is 11.5 Å². The lowest BCUT2D eigenvalue weighted by atomic mass is 10.2. The average molecular weight is 229 g/mol. The van der Waals surface area contributed by atoms with Crippen LogP contribution in [0, 0.1) is 0 Å². The number of carboxylic acid groups (broad SMARTS) is 1. The van der Waals surface area contributed by atoms with Crippen molar-refractivity contribution in [1.82, 2.24) is 0 Å². The van der Waals surface area contributed by atoms with Gasteiger partial charge in [-0.3, -0.25) is 0 Å². The van der Waals surface area contributed by atoms with Crippen LogP contribution in [0.4, 0.5) is 5.69 Å². The summed E-state index contributed by atoms with van der Waals surface area (Å²) in [5.41, 5.74) is 6.31. The molecular weight excluding hydrogens is 218 g/mol. The van der Waals surface area contributed by atoms with Gasteiger partial charge in [0.05, 0.1) is 0 Å². The van der Waals surface area contributed by atoms with Crippen molar-refractivity contribution in [1.29, 1.82) is 0 Å². The number of aromatic carboxylic acids is 1. The van der Waals surface area contributed by atoms with Crippen LogP contribution in [0.3, 0.4) is 0 Å². The molecule has 0 saturated carbocycles. The zero-order valence-corrected chi connectivity index (χ0v) is 8.96. The molecule has 2 aromatic rings. The lowest BCUT2D eigenvalue weighted by Crippen LogP contribution is -1.99. The Balaban J connectivity index is 2.30. The molecule has 0 saturated heterocycles. The average Bonchev–Trinajstić information content (AvgIpc) is 2.32. The molecule has 0 radical (unpaired) electrons. The Morgan fingerprint density at radius 3 is 2.35 bits per heavy atom. The number of benzene rings is 2. The number of hydrogen-bond donors (Lipinski definition) is 2. The van der Waals surface area contributed by atoms with Crippen LogP contribution < -0.4 is 10.5 Å². The van der Waals surface area contributed by atoms with Crippen LogP contribution >= 0.6 is 0 Å². The van der Waals surface area contributed by atoms with Gasteiger partial charge in [-0.15, -0.1) is 0 Å². The second-order valence-electron chi connectivity index (χ2n) is 3.47. The first-order valence-corrected chi connectivity index (χ1v) is 5.02. The fourth-order valence-electron chi connectivity index (χ4n) is 1.40. The van der Waals surface area contributed by atoms with Crippen LogP contribution in [0.1, 0.15) is 10.4 Å². The summed E-state index contributed by atoms with van der Waals surface area (Å²) in [6.45, 7) is 0. The molecule has 0 aromatic heterocycles. The summed E-state index contributed by atoms with van der Waals surface area (Å²) >= 11 is 0. The third-order valence-electron chi connectivity index (χ3n) is 2.23. The van der Waals surface area contributed by atoms with Crippen molar-refractivity contribution in [2.24, 2.45) is 0 Å². The first-order valence-electron chi connectivity index (χ1n) is 5.02. The molecule has 0 unspecified atom stereocenters. The lowest BCUT2D eigenvalue weighted by molar-refractivity contribution is 0.0694. The summed E-state index contributed by atoms with van der Waals surface area (Å²) in [7, 11) is 0. The predicted octanol–water partition coefficient (Wildman–Crippen LogP) is 2.76. The van der Waals surface area contributed by atoms with E-state index in [1.165, 1.54) is 6.07 Å². The molecule has 0 bridgehead atoms. The Morgan fingerprint density at radius 2 is 1.71 bits per heavy atom. The molecule has 2 rings (SSSR count). The zero-order valence-electron chi connectivity index (χ0n) is 8.96. The Bertz CT molecular complexity index is 535. The van der Waals surface area contributed by atoms with Gasteiger partial charge < -0.3 is 15.6 Å². The first kappa shape index (κ1) is 11.0. The van der Waals surface area contributed by atoms with Crippen molar-refractivity contribution in [3.63, 3.8) is 0 Å². The minimum atomic E-state index is -1.02. The number of carbonyl (C=O) groups is 1. The minimum Gasteiger partial charge on any atom is -0.478 e. The monoisotopic (exact) mass is 229 g/mol. The van der Waals surface area contributed by atoms with E-state index in [4.69, 9.17) is 15.6 Å². The largest absolute Gasteiger partial charge is 0.478 e. The van der Waals surface area contributed by atoms with Gasteiger partial charge in [-0.25, -0.2) is 4.79 Å². The summed E-state index contributed by atoms with van der Waals surface area (Å²) in [6.07, 6.45) is 0. The second-order valence-corrected chi connectivity index (χ2v) is 3.47. The van der Waals surface area contributed by atoms with Crippen LogP contribution in [-0.2, 0) is 0 Å². The minimum absolute atomic E-state index is 0.129. The van der Waals surface area contributed by atoms with E-state index in [1.54, 1.807) is 42.5 Å². The molecule has 4 nitrogen and oxygen atoms in total. The number of rotatable bonds is 3. The predicted molar refractivity (Wildman–Crippen MR) is 64.3 cm³/mol. The highest BCUT2D eigenvalue weighted by molar-refractivity contribution is 5.90.